The van der Waals surface area contributed by atoms with E-state index in [1.165, 1.54) is 6.07 Å². The molecule has 0 heterocycles. The normalized spacial score (nSPS) is 14.1. The highest BCUT2D eigenvalue weighted by Crippen LogP contribution is 2.17. The summed E-state index contributed by atoms with van der Waals surface area (Å²) in [6, 6.07) is 6.31. The number of allylic oxidation sites excluding steroid dienone is 1. The van der Waals surface area contributed by atoms with Crippen molar-refractivity contribution < 1.29 is 9.13 Å². The van der Waals surface area contributed by atoms with Gasteiger partial charge in [0.1, 0.15) is 6.61 Å². The third-order valence-corrected chi connectivity index (χ3v) is 1.99. The first-order valence-electron chi connectivity index (χ1n) is 5.23. The van der Waals surface area contributed by atoms with Crippen LogP contribution in [0, 0.1) is 5.82 Å². The van der Waals surface area contributed by atoms with E-state index in [4.69, 9.17) is 10.5 Å². The third kappa shape index (κ3) is 4.03. The van der Waals surface area contributed by atoms with Gasteiger partial charge < -0.3 is 10.5 Å². The molecule has 1 aromatic rings. The smallest absolute Gasteiger partial charge is 0.165 e. The van der Waals surface area contributed by atoms with Crippen molar-refractivity contribution in [2.24, 2.45) is 5.73 Å². The zero-order valence-electron chi connectivity index (χ0n) is 9.96. The van der Waals surface area contributed by atoms with Gasteiger partial charge in [0, 0.05) is 0 Å². The van der Waals surface area contributed by atoms with Gasteiger partial charge >= 0.3 is 0 Å². The lowest BCUT2D eigenvalue weighted by molar-refractivity contribution is 0.249. The molecule has 1 unspecified atom stereocenters. The lowest BCUT2D eigenvalue weighted by Crippen LogP contribution is -2.40. The first kappa shape index (κ1) is 12.7. The predicted molar refractivity (Wildman–Crippen MR) is 63.9 cm³/mol. The van der Waals surface area contributed by atoms with Crippen molar-refractivity contribution in [3.8, 4) is 5.75 Å². The molecular formula is C13H18FNO. The van der Waals surface area contributed by atoms with Crippen LogP contribution in [-0.2, 0) is 0 Å². The molecule has 0 aliphatic carbocycles. The molecule has 0 bridgehead atoms. The van der Waals surface area contributed by atoms with Gasteiger partial charge in [0.15, 0.2) is 11.6 Å². The van der Waals surface area contributed by atoms with E-state index in [1.54, 1.807) is 18.2 Å². The first-order chi connectivity index (χ1) is 7.41. The van der Waals surface area contributed by atoms with E-state index in [1.807, 2.05) is 26.8 Å². The Morgan fingerprint density at radius 1 is 1.44 bits per heavy atom. The number of hydrogen-bond donors (Lipinski definition) is 1. The molecule has 0 fully saturated rings. The summed E-state index contributed by atoms with van der Waals surface area (Å²) in [6.07, 6.45) is 1.91. The Hall–Kier alpha value is -1.35. The van der Waals surface area contributed by atoms with Crippen molar-refractivity contribution in [2.75, 3.05) is 6.61 Å². The Morgan fingerprint density at radius 2 is 2.06 bits per heavy atom. The minimum atomic E-state index is -0.582. The van der Waals surface area contributed by atoms with Crippen molar-refractivity contribution in [3.05, 3.63) is 41.7 Å². The van der Waals surface area contributed by atoms with Crippen LogP contribution in [0.2, 0.25) is 0 Å². The lowest BCUT2D eigenvalue weighted by atomic mass is 10.0. The summed E-state index contributed by atoms with van der Waals surface area (Å²) in [5.74, 6) is -0.128. The third-order valence-electron chi connectivity index (χ3n) is 1.99. The number of para-hydroxylation sites is 1. The highest BCUT2D eigenvalue weighted by molar-refractivity contribution is 5.24. The van der Waals surface area contributed by atoms with Crippen molar-refractivity contribution in [1.82, 2.24) is 0 Å². The summed E-state index contributed by atoms with van der Waals surface area (Å²) >= 11 is 0. The van der Waals surface area contributed by atoms with Crippen LogP contribution < -0.4 is 10.5 Å². The number of hydrogen-bond acceptors (Lipinski definition) is 2. The van der Waals surface area contributed by atoms with E-state index in [-0.39, 0.29) is 18.2 Å². The number of benzene rings is 1. The van der Waals surface area contributed by atoms with Crippen molar-refractivity contribution >= 4 is 0 Å². The van der Waals surface area contributed by atoms with Gasteiger partial charge in [-0.2, -0.15) is 0 Å². The van der Waals surface area contributed by atoms with Crippen LogP contribution >= 0.6 is 0 Å². The standard InChI is InChI=1S/C13H18FNO/c1-10(2)8-13(3,15)9-16-12-7-5-4-6-11(12)14/h4-8H,9,15H2,1-3H3. The van der Waals surface area contributed by atoms with E-state index in [0.717, 1.165) is 5.57 Å². The van der Waals surface area contributed by atoms with E-state index < -0.39 is 5.54 Å². The van der Waals surface area contributed by atoms with E-state index in [0.29, 0.717) is 0 Å². The molecular weight excluding hydrogens is 205 g/mol. The van der Waals surface area contributed by atoms with Crippen molar-refractivity contribution in [1.29, 1.82) is 0 Å². The fraction of sp³-hybridized carbons (Fsp3) is 0.385. The highest BCUT2D eigenvalue weighted by Gasteiger charge is 2.16. The van der Waals surface area contributed by atoms with Crippen LogP contribution in [-0.4, -0.2) is 12.1 Å². The molecule has 0 saturated carbocycles. The molecule has 0 aliphatic heterocycles. The Labute approximate surface area is 95.9 Å². The van der Waals surface area contributed by atoms with Gasteiger partial charge in [-0.15, -0.1) is 0 Å². The van der Waals surface area contributed by atoms with Gasteiger partial charge in [-0.25, -0.2) is 4.39 Å². The topological polar surface area (TPSA) is 35.2 Å². The molecule has 0 saturated heterocycles. The fourth-order valence-electron chi connectivity index (χ4n) is 1.50. The van der Waals surface area contributed by atoms with Gasteiger partial charge in [0.2, 0.25) is 0 Å². The molecule has 0 aromatic heterocycles. The molecule has 1 rings (SSSR count). The minimum Gasteiger partial charge on any atom is -0.488 e. The van der Waals surface area contributed by atoms with Crippen LogP contribution in [0.15, 0.2) is 35.9 Å². The maximum Gasteiger partial charge on any atom is 0.165 e. The average Bonchev–Trinajstić information content (AvgIpc) is 2.14. The summed E-state index contributed by atoms with van der Waals surface area (Å²) in [5.41, 5.74) is 6.52. The van der Waals surface area contributed by atoms with Crippen LogP contribution in [0.1, 0.15) is 20.8 Å². The van der Waals surface area contributed by atoms with E-state index in [2.05, 4.69) is 0 Å². The van der Waals surface area contributed by atoms with Crippen LogP contribution in [0.3, 0.4) is 0 Å². The van der Waals surface area contributed by atoms with Crippen molar-refractivity contribution in [2.45, 2.75) is 26.3 Å². The maximum absolute atomic E-state index is 13.2. The van der Waals surface area contributed by atoms with Gasteiger partial charge in [-0.1, -0.05) is 23.8 Å². The average molecular weight is 223 g/mol. The number of rotatable bonds is 4. The monoisotopic (exact) mass is 223 g/mol. The molecule has 0 radical (unpaired) electrons. The van der Waals surface area contributed by atoms with E-state index >= 15 is 0 Å². The van der Waals surface area contributed by atoms with Crippen molar-refractivity contribution in [3.63, 3.8) is 0 Å². The van der Waals surface area contributed by atoms with E-state index in [9.17, 15) is 4.39 Å². The van der Waals surface area contributed by atoms with Gasteiger partial charge in [-0.05, 0) is 32.9 Å². The summed E-state index contributed by atoms with van der Waals surface area (Å²) < 4.78 is 18.6. The zero-order chi connectivity index (χ0) is 12.2. The Morgan fingerprint density at radius 3 is 2.62 bits per heavy atom. The summed E-state index contributed by atoms with van der Waals surface area (Å²) in [4.78, 5) is 0. The molecule has 2 N–H and O–H groups in total. The number of halogens is 1. The number of nitrogens with two attached hydrogens (primary N) is 1. The van der Waals surface area contributed by atoms with Crippen LogP contribution in [0.4, 0.5) is 4.39 Å². The molecule has 3 heteroatoms. The van der Waals surface area contributed by atoms with Gasteiger partial charge in [-0.3, -0.25) is 0 Å². The fourth-order valence-corrected chi connectivity index (χ4v) is 1.50. The molecule has 1 atom stereocenters. The largest absolute Gasteiger partial charge is 0.488 e. The van der Waals surface area contributed by atoms with Gasteiger partial charge in [0.05, 0.1) is 5.54 Å². The zero-order valence-corrected chi connectivity index (χ0v) is 9.96. The minimum absolute atomic E-state index is 0.237. The second-order valence-electron chi connectivity index (χ2n) is 4.45. The van der Waals surface area contributed by atoms with Crippen LogP contribution in [0.5, 0.6) is 5.75 Å². The molecule has 0 spiro atoms. The Balaban J connectivity index is 2.65. The second-order valence-corrected chi connectivity index (χ2v) is 4.45. The van der Waals surface area contributed by atoms with Crippen LogP contribution in [0.25, 0.3) is 0 Å². The quantitative estimate of drug-likeness (QED) is 0.796. The molecule has 16 heavy (non-hydrogen) atoms. The lowest BCUT2D eigenvalue weighted by Gasteiger charge is -2.21. The summed E-state index contributed by atoms with van der Waals surface area (Å²) in [5, 5.41) is 0. The van der Waals surface area contributed by atoms with Gasteiger partial charge in [0.25, 0.3) is 0 Å². The SMILES string of the molecule is CC(C)=CC(C)(N)COc1ccccc1F. The Kier molecular flexibility index (Phi) is 4.07. The first-order valence-corrected chi connectivity index (χ1v) is 5.23. The number of ether oxygens (including phenoxy) is 1. The second kappa shape index (κ2) is 5.12. The summed E-state index contributed by atoms with van der Waals surface area (Å²) in [7, 11) is 0. The summed E-state index contributed by atoms with van der Waals surface area (Å²) in [6.45, 7) is 6.03. The maximum atomic E-state index is 13.2. The highest BCUT2D eigenvalue weighted by atomic mass is 19.1. The molecule has 1 aromatic carbocycles. The molecule has 0 aliphatic rings. The molecule has 2 nitrogen and oxygen atoms in total. The molecule has 88 valence electrons. The molecule has 0 amide bonds. The Bertz CT molecular complexity index is 381. The predicted octanol–water partition coefficient (Wildman–Crippen LogP) is 2.89.